The molecular formula is C12H16F3N3O. The van der Waals surface area contributed by atoms with Gasteiger partial charge in [0.2, 0.25) is 0 Å². The minimum Gasteiger partial charge on any atom is -0.378 e. The number of hydrogen-bond acceptors (Lipinski definition) is 4. The van der Waals surface area contributed by atoms with Crippen LogP contribution in [0.2, 0.25) is 0 Å². The average Bonchev–Trinajstić information content (AvgIpc) is 2.24. The Bertz CT molecular complexity index is 444. The van der Waals surface area contributed by atoms with E-state index < -0.39 is 18.0 Å². The number of nitrogens with zero attached hydrogens (tertiary/aromatic N) is 3. The molecule has 0 N–H and O–H groups in total. The van der Waals surface area contributed by atoms with Crippen LogP contribution in [-0.4, -0.2) is 36.3 Å². The van der Waals surface area contributed by atoms with Crippen molar-refractivity contribution in [1.82, 2.24) is 9.97 Å². The van der Waals surface area contributed by atoms with Crippen LogP contribution in [-0.2, 0) is 11.3 Å². The molecule has 1 saturated heterocycles. The molecule has 0 saturated carbocycles. The summed E-state index contributed by atoms with van der Waals surface area (Å²) < 4.78 is 42.2. The minimum atomic E-state index is -4.12. The van der Waals surface area contributed by atoms with Gasteiger partial charge in [0, 0.05) is 31.7 Å². The lowest BCUT2D eigenvalue weighted by molar-refractivity contribution is -0.159. The number of rotatable bonds is 4. The zero-order valence-electron chi connectivity index (χ0n) is 10.9. The molecule has 1 aromatic heterocycles. The Balaban J connectivity index is 1.98. The summed E-state index contributed by atoms with van der Waals surface area (Å²) in [6.07, 6.45) is -3.47. The number of ether oxygens (including phenoxy) is 1. The number of aromatic nitrogens is 2. The van der Waals surface area contributed by atoms with Gasteiger partial charge in [0.15, 0.2) is 0 Å². The molecule has 2 rings (SSSR count). The summed E-state index contributed by atoms with van der Waals surface area (Å²) >= 11 is 0. The van der Waals surface area contributed by atoms with Crippen LogP contribution in [0.15, 0.2) is 12.4 Å². The summed E-state index contributed by atoms with van der Waals surface area (Å²) in [6, 6.07) is 1.75. The molecule has 0 unspecified atom stereocenters. The molecule has 0 bridgehead atoms. The predicted octanol–water partition coefficient (Wildman–Crippen LogP) is 2.40. The summed E-state index contributed by atoms with van der Waals surface area (Å²) in [5.74, 6) is 0.654. The van der Waals surface area contributed by atoms with Gasteiger partial charge >= 0.3 is 6.18 Å². The van der Waals surface area contributed by atoms with Crippen molar-refractivity contribution in [2.45, 2.75) is 26.1 Å². The quantitative estimate of drug-likeness (QED) is 0.845. The lowest BCUT2D eigenvalue weighted by Gasteiger charge is -2.49. The number of anilines is 1. The van der Waals surface area contributed by atoms with Gasteiger partial charge in [-0.05, 0) is 0 Å². The van der Waals surface area contributed by atoms with Gasteiger partial charge in [-0.2, -0.15) is 13.2 Å². The van der Waals surface area contributed by atoms with E-state index in [0.29, 0.717) is 25.5 Å². The van der Waals surface area contributed by atoms with E-state index in [-0.39, 0.29) is 0 Å². The molecule has 4 nitrogen and oxygen atoms in total. The Morgan fingerprint density at radius 3 is 2.63 bits per heavy atom. The molecule has 0 aliphatic carbocycles. The number of halogens is 3. The minimum absolute atomic E-state index is 0.357. The molecule has 1 aromatic rings. The molecule has 0 atom stereocenters. The van der Waals surface area contributed by atoms with Gasteiger partial charge in [0.05, 0.1) is 18.7 Å². The van der Waals surface area contributed by atoms with Crippen molar-refractivity contribution in [1.29, 1.82) is 0 Å². The normalized spacial score (nSPS) is 18.3. The monoisotopic (exact) mass is 275 g/mol. The number of alkyl halides is 3. The van der Waals surface area contributed by atoms with Crippen LogP contribution in [0.4, 0.5) is 19.0 Å². The van der Waals surface area contributed by atoms with Crippen molar-refractivity contribution in [3.05, 3.63) is 18.1 Å². The molecule has 0 amide bonds. The van der Waals surface area contributed by atoms with Gasteiger partial charge in [0.25, 0.3) is 0 Å². The first kappa shape index (κ1) is 14.0. The Hall–Kier alpha value is -1.37. The second-order valence-electron chi connectivity index (χ2n) is 5.26. The van der Waals surface area contributed by atoms with Gasteiger partial charge in [-0.1, -0.05) is 6.92 Å². The highest BCUT2D eigenvalue weighted by atomic mass is 19.4. The van der Waals surface area contributed by atoms with Crippen molar-refractivity contribution in [3.8, 4) is 0 Å². The summed E-state index contributed by atoms with van der Waals surface area (Å²) in [7, 11) is 1.56. The van der Waals surface area contributed by atoms with E-state index in [2.05, 4.69) is 9.97 Å². The van der Waals surface area contributed by atoms with Gasteiger partial charge in [0.1, 0.15) is 12.1 Å². The fourth-order valence-electron chi connectivity index (χ4n) is 2.42. The molecule has 0 radical (unpaired) electrons. The van der Waals surface area contributed by atoms with Crippen molar-refractivity contribution in [3.63, 3.8) is 0 Å². The van der Waals surface area contributed by atoms with Crippen LogP contribution < -0.4 is 4.90 Å². The highest BCUT2D eigenvalue weighted by molar-refractivity contribution is 5.43. The second kappa shape index (κ2) is 4.96. The largest absolute Gasteiger partial charge is 0.389 e. The molecule has 0 spiro atoms. The Morgan fingerprint density at radius 1 is 1.37 bits per heavy atom. The maximum Gasteiger partial charge on any atom is 0.389 e. The molecule has 19 heavy (non-hydrogen) atoms. The molecule has 0 aromatic carbocycles. The molecule has 1 fully saturated rings. The fourth-order valence-corrected chi connectivity index (χ4v) is 2.42. The Kier molecular flexibility index (Phi) is 3.66. The lowest BCUT2D eigenvalue weighted by Crippen LogP contribution is -2.56. The van der Waals surface area contributed by atoms with E-state index in [1.807, 2.05) is 4.90 Å². The van der Waals surface area contributed by atoms with Crippen LogP contribution in [0.5, 0.6) is 0 Å². The number of methoxy groups -OCH3 is 1. The molecule has 1 aliphatic heterocycles. The van der Waals surface area contributed by atoms with E-state index in [0.717, 1.165) is 5.69 Å². The second-order valence-corrected chi connectivity index (χ2v) is 5.26. The SMILES string of the molecule is COCc1cc(N2CC(C)(CC(F)(F)F)C2)ncn1. The van der Waals surface area contributed by atoms with Crippen molar-refractivity contribution in [2.24, 2.45) is 5.41 Å². The maximum absolute atomic E-state index is 12.4. The summed E-state index contributed by atoms with van der Waals surface area (Å²) in [6.45, 7) is 2.73. The van der Waals surface area contributed by atoms with E-state index >= 15 is 0 Å². The van der Waals surface area contributed by atoms with Crippen LogP contribution in [0.3, 0.4) is 0 Å². The van der Waals surface area contributed by atoms with Crippen LogP contribution >= 0.6 is 0 Å². The van der Waals surface area contributed by atoms with Gasteiger partial charge < -0.3 is 9.64 Å². The number of hydrogen-bond donors (Lipinski definition) is 0. The van der Waals surface area contributed by atoms with E-state index in [4.69, 9.17) is 4.74 Å². The summed E-state index contributed by atoms with van der Waals surface area (Å²) in [5, 5.41) is 0. The zero-order chi connectivity index (χ0) is 14.1. The highest BCUT2D eigenvalue weighted by Crippen LogP contribution is 2.41. The molecule has 106 valence electrons. The van der Waals surface area contributed by atoms with Crippen LogP contribution in [0, 0.1) is 5.41 Å². The van der Waals surface area contributed by atoms with Crippen molar-refractivity contribution < 1.29 is 17.9 Å². The van der Waals surface area contributed by atoms with Gasteiger partial charge in [-0.3, -0.25) is 0 Å². The molecule has 2 heterocycles. The Labute approximate surface area is 109 Å². The van der Waals surface area contributed by atoms with Crippen molar-refractivity contribution in [2.75, 3.05) is 25.1 Å². The first-order valence-electron chi connectivity index (χ1n) is 5.93. The first-order valence-corrected chi connectivity index (χ1v) is 5.93. The lowest BCUT2D eigenvalue weighted by atomic mass is 9.78. The third kappa shape index (κ3) is 3.56. The molecule has 1 aliphatic rings. The molecular weight excluding hydrogens is 259 g/mol. The smallest absolute Gasteiger partial charge is 0.378 e. The zero-order valence-corrected chi connectivity index (χ0v) is 10.9. The average molecular weight is 275 g/mol. The van der Waals surface area contributed by atoms with E-state index in [1.54, 1.807) is 20.1 Å². The highest BCUT2D eigenvalue weighted by Gasteiger charge is 2.47. The topological polar surface area (TPSA) is 38.2 Å². The summed E-state index contributed by atoms with van der Waals surface area (Å²) in [4.78, 5) is 9.93. The first-order chi connectivity index (χ1) is 8.81. The molecule has 7 heteroatoms. The standard InChI is InChI=1S/C12H16F3N3O/c1-11(5-12(13,14)15)6-18(7-11)10-3-9(4-19-2)16-8-17-10/h3,8H,4-7H2,1-2H3. The third-order valence-corrected chi connectivity index (χ3v) is 3.10. The third-order valence-electron chi connectivity index (χ3n) is 3.10. The Morgan fingerprint density at radius 2 is 2.05 bits per heavy atom. The van der Waals surface area contributed by atoms with Crippen LogP contribution in [0.1, 0.15) is 19.0 Å². The van der Waals surface area contributed by atoms with E-state index in [9.17, 15) is 13.2 Å². The van der Waals surface area contributed by atoms with Crippen molar-refractivity contribution >= 4 is 5.82 Å². The fraction of sp³-hybridized carbons (Fsp3) is 0.667. The maximum atomic E-state index is 12.4. The van der Waals surface area contributed by atoms with E-state index in [1.165, 1.54) is 6.33 Å². The van der Waals surface area contributed by atoms with Gasteiger partial charge in [-0.15, -0.1) is 0 Å². The van der Waals surface area contributed by atoms with Crippen LogP contribution in [0.25, 0.3) is 0 Å². The predicted molar refractivity (Wildman–Crippen MR) is 63.7 cm³/mol. The summed E-state index contributed by atoms with van der Waals surface area (Å²) in [5.41, 5.74) is 0.00174. The van der Waals surface area contributed by atoms with Gasteiger partial charge in [-0.25, -0.2) is 9.97 Å².